The molecular weight excluding hydrogens is 1410 g/mol. The number of hydrogen-bond acceptors (Lipinski definition) is 1. The first kappa shape index (κ1) is 68.0. The van der Waals surface area contributed by atoms with Gasteiger partial charge in [0.05, 0.1) is 55.8 Å². The average molecular weight is 1500 g/mol. The van der Waals surface area contributed by atoms with E-state index < -0.39 is 0 Å². The van der Waals surface area contributed by atoms with Crippen molar-refractivity contribution in [2.24, 2.45) is 0 Å². The third-order valence-corrected chi connectivity index (χ3v) is 26.8. The van der Waals surface area contributed by atoms with Crippen LogP contribution in [0.25, 0.3) is 90.4 Å². The first-order valence-corrected chi connectivity index (χ1v) is 41.1. The Hall–Kier alpha value is -13.7. The van der Waals surface area contributed by atoms with Crippen LogP contribution in [0.15, 0.2) is 346 Å². The van der Waals surface area contributed by atoms with Gasteiger partial charge in [0.1, 0.15) is 29.5 Å². The van der Waals surface area contributed by atoms with Crippen molar-refractivity contribution >= 4 is 0 Å². The molecule has 0 radical (unpaired) electrons. The fourth-order valence-corrected chi connectivity index (χ4v) is 22.0. The second-order valence-electron chi connectivity index (χ2n) is 33.8. The minimum Gasteiger partial charge on any atom is -0.405 e. The Kier molecular flexibility index (Phi) is 14.9. The van der Waals surface area contributed by atoms with E-state index in [4.69, 9.17) is 4.74 Å². The Morgan fingerprint density at radius 2 is 0.629 bits per heavy atom. The number of rotatable bonds is 2. The molecule has 0 aliphatic carbocycles. The van der Waals surface area contributed by atoms with Gasteiger partial charge in [-0.2, -0.15) is 18.3 Å². The molecule has 8 nitrogen and oxygen atoms in total. The highest BCUT2D eigenvalue weighted by atomic mass is 16.5. The van der Waals surface area contributed by atoms with Crippen molar-refractivity contribution in [3.63, 3.8) is 0 Å². The Balaban J connectivity index is 0.0000000862. The number of para-hydroxylation sites is 3. The van der Waals surface area contributed by atoms with Gasteiger partial charge in [0, 0.05) is 86.0 Å². The third-order valence-electron chi connectivity index (χ3n) is 26.8. The summed E-state index contributed by atoms with van der Waals surface area (Å²) in [4.78, 5) is 0. The third kappa shape index (κ3) is 9.52. The van der Waals surface area contributed by atoms with E-state index in [1.54, 1.807) is 0 Å². The van der Waals surface area contributed by atoms with Gasteiger partial charge in [0.25, 0.3) is 11.6 Å². The lowest BCUT2D eigenvalue weighted by Crippen LogP contribution is -2.52. The van der Waals surface area contributed by atoms with E-state index in [9.17, 15) is 0 Å². The zero-order chi connectivity index (χ0) is 77.7. The molecule has 10 aliphatic rings. The van der Waals surface area contributed by atoms with Crippen molar-refractivity contribution in [3.8, 4) is 102 Å². The van der Waals surface area contributed by atoms with E-state index in [-0.39, 0.29) is 22.9 Å². The molecule has 5 aromatic heterocycles. The molecule has 0 amide bonds. The van der Waals surface area contributed by atoms with Gasteiger partial charge in [-0.05, 0) is 156 Å². The maximum atomic E-state index is 6.06. The van der Waals surface area contributed by atoms with Gasteiger partial charge in [-0.15, -0.1) is 4.57 Å². The van der Waals surface area contributed by atoms with Crippen LogP contribution in [0.5, 0.6) is 11.6 Å². The van der Waals surface area contributed by atoms with Crippen LogP contribution >= 0.6 is 0 Å². The van der Waals surface area contributed by atoms with Gasteiger partial charge in [0.15, 0.2) is 29.2 Å². The molecule has 4 unspecified atom stereocenters. The van der Waals surface area contributed by atoms with Crippen LogP contribution in [0.2, 0.25) is 0 Å². The highest BCUT2D eigenvalue weighted by Crippen LogP contribution is 2.56. The quantitative estimate of drug-likeness (QED) is 0.159. The monoisotopic (exact) mass is 1500 g/mol. The second-order valence-corrected chi connectivity index (χ2v) is 33.8. The SMILES string of the molecule is CC1(C)c2ccccc2C2c3ccccc3-c3cccc1[n+]32.Cc1cccc(C)c1-[n+]1cc2n3c1-c1ccccc1C3c1ccccc1-2.Cc1cccc(C)c1-[n+]1cc2n3c1-c1ccccc1C3c1ccccc1C2(C)C.c1ccc2c(c1)-c1cccc3[n+]1C2c1ccccc1-3.c1ccc2c(c1)Oc1cccc3[n+]1C2c1ccccc1-3. The predicted molar refractivity (Wildman–Crippen MR) is 459 cm³/mol. The lowest BCUT2D eigenvalue weighted by atomic mass is 9.73. The molecule has 10 aliphatic heterocycles. The molecule has 17 aromatic rings. The van der Waals surface area contributed by atoms with E-state index in [1.165, 1.54) is 191 Å². The largest absolute Gasteiger partial charge is 0.405 e. The maximum absolute atomic E-state index is 6.06. The lowest BCUT2D eigenvalue weighted by molar-refractivity contribution is -0.701. The molecule has 0 bridgehead atoms. The van der Waals surface area contributed by atoms with Gasteiger partial charge < -0.3 is 4.74 Å². The number of nitrogens with zero attached hydrogens (tertiary/aromatic N) is 7. The summed E-state index contributed by atoms with van der Waals surface area (Å²) in [6.07, 6.45) is 4.73. The van der Waals surface area contributed by atoms with Crippen LogP contribution < -0.4 is 27.6 Å². The number of imidazole rings is 2. The molecule has 0 N–H and O–H groups in total. The number of benzene rings is 12. The summed E-state index contributed by atoms with van der Waals surface area (Å²) >= 11 is 0. The van der Waals surface area contributed by atoms with Crippen LogP contribution in [-0.4, -0.2) is 9.13 Å². The number of ether oxygens (including phenoxy) is 1. The molecule has 27 rings (SSSR count). The summed E-state index contributed by atoms with van der Waals surface area (Å²) in [6.45, 7) is 18.3. The zero-order valence-corrected chi connectivity index (χ0v) is 66.3. The summed E-state index contributed by atoms with van der Waals surface area (Å²) in [5.74, 6) is 4.49. The van der Waals surface area contributed by atoms with E-state index in [0.29, 0.717) is 18.1 Å². The summed E-state index contributed by atoms with van der Waals surface area (Å²) in [7, 11) is 0. The van der Waals surface area contributed by atoms with Crippen molar-refractivity contribution in [2.45, 2.75) is 96.4 Å². The van der Waals surface area contributed by atoms with Gasteiger partial charge in [-0.25, -0.2) is 9.13 Å². The standard InChI is InChI=1S/C27H25N2.C24H19N2.C21H18N.C18H12NO.C18H12N/c1-17-10-9-11-18(2)24(17)28-16-23-27(3,4)22-15-8-7-14-21(22)25-19-12-5-6-13-20(19)26(28)29(23)25;1-15-8-7-9-16(2)22(15)25-14-21-17-10-3-4-11-18(17)23-19-12-5-6-13-20(19)24(25)26(21)23;1-21(2)17-11-6-5-10-16(17)20-15-9-4-3-8-14(15)18-12-7-13-19(21)22(18)20;1-2-7-13-12(6-1)15-9-5-11-17-19(15)18(13)14-8-3-4-10-16(14)20-17;1-3-8-14-12(6-1)16-10-5-11-17-13-7-2-4-9-15(13)18(14)19(16)17/h5-16,25H,1-4H3;3-14,23H,1-2H3;3-13,20H,1-2H3;1-11,18H;1-11,18H/q5*+1. The molecule has 8 heteroatoms. The highest BCUT2D eigenvalue weighted by molar-refractivity contribution is 5.81. The van der Waals surface area contributed by atoms with E-state index in [1.807, 2.05) is 18.2 Å². The van der Waals surface area contributed by atoms with E-state index >= 15 is 0 Å². The molecule has 12 aromatic carbocycles. The van der Waals surface area contributed by atoms with E-state index in [0.717, 1.165) is 11.6 Å². The Labute approximate surface area is 677 Å². The van der Waals surface area contributed by atoms with Crippen LogP contribution in [0.1, 0.15) is 158 Å². The summed E-state index contributed by atoms with van der Waals surface area (Å²) in [5.41, 5.74) is 43.6. The fourth-order valence-electron chi connectivity index (χ4n) is 22.0. The number of aromatic nitrogens is 7. The molecule has 0 spiro atoms. The number of hydrogen-bond donors (Lipinski definition) is 0. The van der Waals surface area contributed by atoms with Gasteiger partial charge in [0.2, 0.25) is 40.9 Å². The molecule has 15 heterocycles. The Bertz CT molecular complexity index is 6960. The topological polar surface area (TPSA) is 38.5 Å². The fraction of sp³-hybridized carbons (Fsp3) is 0.139. The molecule has 4 atom stereocenters. The van der Waals surface area contributed by atoms with Crippen molar-refractivity contribution < 1.29 is 27.6 Å². The van der Waals surface area contributed by atoms with Gasteiger partial charge in [-0.3, -0.25) is 0 Å². The molecule has 554 valence electrons. The van der Waals surface area contributed by atoms with Crippen molar-refractivity contribution in [2.75, 3.05) is 0 Å². The van der Waals surface area contributed by atoms with Crippen LogP contribution in [0, 0.1) is 27.7 Å². The predicted octanol–water partition coefficient (Wildman–Crippen LogP) is 22.1. The first-order valence-electron chi connectivity index (χ1n) is 41.1. The Morgan fingerprint density at radius 3 is 1.16 bits per heavy atom. The molecular formula is C108H86N7O+5. The highest BCUT2D eigenvalue weighted by Gasteiger charge is 2.55. The summed E-state index contributed by atoms with van der Waals surface area (Å²) in [5, 5.41) is 0. The molecule has 0 fully saturated rings. The molecule has 116 heavy (non-hydrogen) atoms. The minimum absolute atomic E-state index is 0.0329. The number of aryl methyl sites for hydroxylation is 4. The van der Waals surface area contributed by atoms with Crippen LogP contribution in [-0.2, 0) is 10.8 Å². The van der Waals surface area contributed by atoms with Crippen LogP contribution in [0.3, 0.4) is 0 Å². The molecule has 0 saturated heterocycles. The second kappa shape index (κ2) is 25.4. The smallest absolute Gasteiger partial charge is 0.374 e. The van der Waals surface area contributed by atoms with Crippen molar-refractivity contribution in [1.82, 2.24) is 9.13 Å². The van der Waals surface area contributed by atoms with Gasteiger partial charge in [-0.1, -0.05) is 231 Å². The minimum atomic E-state index is -0.0499. The Morgan fingerprint density at radius 1 is 0.276 bits per heavy atom. The number of pyridine rings is 3. The van der Waals surface area contributed by atoms with Crippen LogP contribution in [0.4, 0.5) is 0 Å². The van der Waals surface area contributed by atoms with E-state index in [2.05, 4.69) is 415 Å². The first-order chi connectivity index (χ1) is 56.8. The lowest BCUT2D eigenvalue weighted by Gasteiger charge is -2.33. The molecule has 0 saturated carbocycles. The summed E-state index contributed by atoms with van der Waals surface area (Å²) < 4.78 is 23.4. The average Bonchev–Trinajstić information content (AvgIpc) is 1.52. The maximum Gasteiger partial charge on any atom is 0.374 e. The van der Waals surface area contributed by atoms with Crippen molar-refractivity contribution in [1.29, 1.82) is 0 Å². The zero-order valence-electron chi connectivity index (χ0n) is 66.3. The van der Waals surface area contributed by atoms with Gasteiger partial charge >= 0.3 is 5.88 Å². The number of fused-ring (bicyclic) bond motifs is 27. The normalized spacial score (nSPS) is 16.8. The van der Waals surface area contributed by atoms with Crippen molar-refractivity contribution in [3.05, 3.63) is 446 Å². The summed E-state index contributed by atoms with van der Waals surface area (Å²) in [6, 6.07) is 122.